The maximum atomic E-state index is 10.8. The van der Waals surface area contributed by atoms with E-state index in [9.17, 15) is 5.11 Å². The highest BCUT2D eigenvalue weighted by Gasteiger charge is 2.19. The van der Waals surface area contributed by atoms with E-state index in [-0.39, 0.29) is 11.9 Å². The highest BCUT2D eigenvalue weighted by molar-refractivity contribution is 5.94. The van der Waals surface area contributed by atoms with Crippen LogP contribution >= 0.6 is 0 Å². The van der Waals surface area contributed by atoms with Crippen molar-refractivity contribution < 1.29 is 19.3 Å². The molecule has 0 saturated heterocycles. The van der Waals surface area contributed by atoms with Crippen molar-refractivity contribution in [3.05, 3.63) is 48.0 Å². The van der Waals surface area contributed by atoms with E-state index in [1.807, 2.05) is 44.2 Å². The Balaban J connectivity index is 1.96. The van der Waals surface area contributed by atoms with Gasteiger partial charge in [-0.2, -0.15) is 0 Å². The van der Waals surface area contributed by atoms with Gasteiger partial charge in [0, 0.05) is 24.0 Å². The zero-order valence-corrected chi connectivity index (χ0v) is 14.9. The predicted molar refractivity (Wildman–Crippen MR) is 99.0 cm³/mol. The van der Waals surface area contributed by atoms with Gasteiger partial charge in [0.05, 0.1) is 5.56 Å². The zero-order chi connectivity index (χ0) is 17.6. The molecular weight excluding hydrogens is 316 g/mol. The van der Waals surface area contributed by atoms with E-state index in [1.165, 1.54) is 0 Å². The number of hydrogen-bond acceptors (Lipinski definition) is 4. The number of aromatic hydroxyl groups is 1. The smallest absolute Gasteiger partial charge is 0.187 e. The second-order valence-electron chi connectivity index (χ2n) is 6.11. The van der Waals surface area contributed by atoms with Gasteiger partial charge in [-0.05, 0) is 57.4 Å². The number of benzene rings is 2. The van der Waals surface area contributed by atoms with Gasteiger partial charge in [0.1, 0.15) is 17.6 Å². The molecule has 0 bridgehead atoms. The van der Waals surface area contributed by atoms with Gasteiger partial charge in [-0.25, -0.2) is 0 Å². The van der Waals surface area contributed by atoms with E-state index >= 15 is 0 Å². The lowest BCUT2D eigenvalue weighted by atomic mass is 10.0. The minimum Gasteiger partial charge on any atom is -0.507 e. The SMILES string of the molecule is CCOC(OCC)c1ccc2c(OC3C=CCCC3)cccc2c1O. The third-order valence-corrected chi connectivity index (χ3v) is 4.40. The Hall–Kier alpha value is -2.04. The molecule has 0 fully saturated rings. The number of hydrogen-bond donors (Lipinski definition) is 1. The summed E-state index contributed by atoms with van der Waals surface area (Å²) < 4.78 is 17.4. The van der Waals surface area contributed by atoms with Crippen LogP contribution in [0, 0.1) is 0 Å². The van der Waals surface area contributed by atoms with Crippen molar-refractivity contribution >= 4 is 10.8 Å². The monoisotopic (exact) mass is 342 g/mol. The summed E-state index contributed by atoms with van der Waals surface area (Å²) in [6.45, 7) is 4.85. The fourth-order valence-corrected chi connectivity index (χ4v) is 3.20. The van der Waals surface area contributed by atoms with Crippen molar-refractivity contribution in [1.82, 2.24) is 0 Å². The molecule has 1 N–H and O–H groups in total. The summed E-state index contributed by atoms with van der Waals surface area (Å²) in [5.41, 5.74) is 0.644. The third kappa shape index (κ3) is 3.97. The topological polar surface area (TPSA) is 47.9 Å². The van der Waals surface area contributed by atoms with Crippen LogP contribution in [0.4, 0.5) is 0 Å². The number of rotatable bonds is 7. The Kier molecular flexibility index (Phi) is 5.95. The van der Waals surface area contributed by atoms with Crippen LogP contribution in [-0.2, 0) is 9.47 Å². The van der Waals surface area contributed by atoms with Gasteiger partial charge in [-0.3, -0.25) is 0 Å². The first kappa shape index (κ1) is 17.8. The molecule has 3 rings (SSSR count). The molecule has 1 aliphatic carbocycles. The molecule has 2 aromatic carbocycles. The molecule has 1 atom stereocenters. The molecule has 0 spiro atoms. The molecule has 2 aromatic rings. The minimum absolute atomic E-state index is 0.0979. The fraction of sp³-hybridized carbons (Fsp3) is 0.429. The molecule has 0 radical (unpaired) electrons. The quantitative estimate of drug-likeness (QED) is 0.561. The third-order valence-electron chi connectivity index (χ3n) is 4.40. The van der Waals surface area contributed by atoms with Crippen molar-refractivity contribution in [3.63, 3.8) is 0 Å². The molecule has 25 heavy (non-hydrogen) atoms. The highest BCUT2D eigenvalue weighted by Crippen LogP contribution is 2.38. The molecule has 4 heteroatoms. The number of ether oxygens (including phenoxy) is 3. The normalized spacial score (nSPS) is 17.3. The Morgan fingerprint density at radius 3 is 2.56 bits per heavy atom. The lowest BCUT2D eigenvalue weighted by molar-refractivity contribution is -0.141. The van der Waals surface area contributed by atoms with Crippen LogP contribution in [0.5, 0.6) is 11.5 Å². The molecule has 1 unspecified atom stereocenters. The van der Waals surface area contributed by atoms with E-state index in [4.69, 9.17) is 14.2 Å². The van der Waals surface area contributed by atoms with Crippen molar-refractivity contribution in [2.75, 3.05) is 13.2 Å². The number of fused-ring (bicyclic) bond motifs is 1. The van der Waals surface area contributed by atoms with Gasteiger partial charge in [-0.15, -0.1) is 0 Å². The molecular formula is C21H26O4. The molecule has 0 aromatic heterocycles. The van der Waals surface area contributed by atoms with Crippen molar-refractivity contribution in [1.29, 1.82) is 0 Å². The van der Waals surface area contributed by atoms with Gasteiger partial charge < -0.3 is 19.3 Å². The molecule has 134 valence electrons. The van der Waals surface area contributed by atoms with E-state index in [1.54, 1.807) is 0 Å². The van der Waals surface area contributed by atoms with Gasteiger partial charge in [-0.1, -0.05) is 18.2 Å². The van der Waals surface area contributed by atoms with Crippen LogP contribution in [-0.4, -0.2) is 24.4 Å². The fourth-order valence-electron chi connectivity index (χ4n) is 3.20. The van der Waals surface area contributed by atoms with Gasteiger partial charge >= 0.3 is 0 Å². The van der Waals surface area contributed by atoms with E-state index in [0.29, 0.717) is 18.8 Å². The summed E-state index contributed by atoms with van der Waals surface area (Å²) in [5.74, 6) is 0.981. The van der Waals surface area contributed by atoms with Crippen molar-refractivity contribution in [3.8, 4) is 11.5 Å². The zero-order valence-electron chi connectivity index (χ0n) is 14.9. The minimum atomic E-state index is -0.565. The first-order valence-electron chi connectivity index (χ1n) is 9.05. The Bertz CT molecular complexity index is 732. The molecule has 0 saturated carbocycles. The Morgan fingerprint density at radius 2 is 1.88 bits per heavy atom. The van der Waals surface area contributed by atoms with Crippen LogP contribution in [0.2, 0.25) is 0 Å². The van der Waals surface area contributed by atoms with Crippen LogP contribution in [0.25, 0.3) is 10.8 Å². The maximum Gasteiger partial charge on any atom is 0.187 e. The summed E-state index contributed by atoms with van der Waals surface area (Å²) >= 11 is 0. The summed E-state index contributed by atoms with van der Waals surface area (Å²) in [6.07, 6.45) is 7.11. The van der Waals surface area contributed by atoms with Crippen molar-refractivity contribution in [2.45, 2.75) is 45.5 Å². The molecule has 0 amide bonds. The molecule has 4 nitrogen and oxygen atoms in total. The Morgan fingerprint density at radius 1 is 1.08 bits per heavy atom. The van der Waals surface area contributed by atoms with Crippen LogP contribution < -0.4 is 4.74 Å². The lowest BCUT2D eigenvalue weighted by Gasteiger charge is -2.22. The predicted octanol–water partition coefficient (Wildman–Crippen LogP) is 5.10. The first-order chi connectivity index (χ1) is 12.2. The van der Waals surface area contributed by atoms with Crippen LogP contribution in [0.1, 0.15) is 45.0 Å². The second-order valence-corrected chi connectivity index (χ2v) is 6.11. The number of phenols is 1. The summed E-state index contributed by atoms with van der Waals surface area (Å²) in [4.78, 5) is 0. The van der Waals surface area contributed by atoms with E-state index in [0.717, 1.165) is 35.8 Å². The average molecular weight is 342 g/mol. The second kappa shape index (κ2) is 8.37. The average Bonchev–Trinajstić information content (AvgIpc) is 2.63. The van der Waals surface area contributed by atoms with Gasteiger partial charge in [0.15, 0.2) is 6.29 Å². The van der Waals surface area contributed by atoms with E-state index < -0.39 is 6.29 Å². The number of phenolic OH excluding ortho intramolecular Hbond substituents is 1. The molecule has 0 heterocycles. The van der Waals surface area contributed by atoms with Gasteiger partial charge in [0.25, 0.3) is 0 Å². The van der Waals surface area contributed by atoms with Crippen LogP contribution in [0.3, 0.4) is 0 Å². The first-order valence-corrected chi connectivity index (χ1v) is 9.05. The standard InChI is InChI=1S/C21H26O4/c1-3-23-21(24-4-2)18-14-13-16-17(20(18)22)11-8-12-19(16)25-15-9-6-5-7-10-15/h6,8-9,11-15,21-22H,3-5,7,10H2,1-2H3. The Labute approximate surface area is 149 Å². The maximum absolute atomic E-state index is 10.8. The summed E-state index contributed by atoms with van der Waals surface area (Å²) in [6, 6.07) is 9.58. The summed E-state index contributed by atoms with van der Waals surface area (Å²) in [5, 5.41) is 12.4. The van der Waals surface area contributed by atoms with Crippen molar-refractivity contribution in [2.24, 2.45) is 0 Å². The largest absolute Gasteiger partial charge is 0.507 e. The van der Waals surface area contributed by atoms with Gasteiger partial charge in [0.2, 0.25) is 0 Å². The highest BCUT2D eigenvalue weighted by atomic mass is 16.7. The summed E-state index contributed by atoms with van der Waals surface area (Å²) in [7, 11) is 0. The lowest BCUT2D eigenvalue weighted by Crippen LogP contribution is -2.15. The molecule has 0 aliphatic heterocycles. The van der Waals surface area contributed by atoms with E-state index in [2.05, 4.69) is 12.2 Å². The molecule has 1 aliphatic rings. The number of allylic oxidation sites excluding steroid dienone is 1. The van der Waals surface area contributed by atoms with Crippen LogP contribution in [0.15, 0.2) is 42.5 Å².